The minimum Gasteiger partial charge on any atom is -0.486 e. The zero-order valence-electron chi connectivity index (χ0n) is 16.3. The van der Waals surface area contributed by atoms with Gasteiger partial charge in [-0.05, 0) is 31.2 Å². The molecule has 30 heavy (non-hydrogen) atoms. The molecule has 9 heteroatoms. The molecule has 1 heterocycles. The van der Waals surface area contributed by atoms with Crippen LogP contribution in [0.4, 0.5) is 5.69 Å². The quantitative estimate of drug-likeness (QED) is 0.341. The minimum atomic E-state index is -0.227. The molecule has 2 aromatic carbocycles. The van der Waals surface area contributed by atoms with Crippen molar-refractivity contribution in [3.63, 3.8) is 0 Å². The summed E-state index contributed by atoms with van der Waals surface area (Å²) in [6.45, 7) is 6.56. The summed E-state index contributed by atoms with van der Waals surface area (Å²) in [5, 5.41) is 12.4. The van der Waals surface area contributed by atoms with E-state index in [4.69, 9.17) is 27.9 Å². The van der Waals surface area contributed by atoms with Gasteiger partial charge in [-0.3, -0.25) is 9.36 Å². The van der Waals surface area contributed by atoms with Crippen molar-refractivity contribution in [2.24, 2.45) is 0 Å². The summed E-state index contributed by atoms with van der Waals surface area (Å²) in [5.74, 6) is 1.31. The van der Waals surface area contributed by atoms with E-state index in [-0.39, 0.29) is 18.3 Å². The number of rotatable bonds is 9. The van der Waals surface area contributed by atoms with Crippen LogP contribution in [0.15, 0.2) is 60.3 Å². The van der Waals surface area contributed by atoms with Crippen LogP contribution in [0.3, 0.4) is 0 Å². The van der Waals surface area contributed by atoms with Gasteiger partial charge in [0, 0.05) is 6.54 Å². The molecule has 0 fully saturated rings. The van der Waals surface area contributed by atoms with E-state index < -0.39 is 0 Å². The number of hydrogen-bond donors (Lipinski definition) is 1. The average molecular weight is 463 g/mol. The van der Waals surface area contributed by atoms with Crippen molar-refractivity contribution in [3.8, 4) is 5.75 Å². The fourth-order valence-electron chi connectivity index (χ4n) is 2.54. The number of thioether (sulfide) groups is 1. The molecule has 0 spiro atoms. The van der Waals surface area contributed by atoms with Crippen LogP contribution in [0.5, 0.6) is 5.75 Å². The number of hydrogen-bond acceptors (Lipinski definition) is 5. The first-order valence-electron chi connectivity index (χ1n) is 9.07. The molecule has 6 nitrogen and oxygen atoms in total. The van der Waals surface area contributed by atoms with Crippen LogP contribution in [-0.2, 0) is 17.9 Å². The van der Waals surface area contributed by atoms with Gasteiger partial charge in [-0.2, -0.15) is 0 Å². The average Bonchev–Trinajstić information content (AvgIpc) is 3.11. The summed E-state index contributed by atoms with van der Waals surface area (Å²) >= 11 is 13.4. The molecule has 156 valence electrons. The molecule has 0 saturated heterocycles. The molecule has 3 aromatic rings. The van der Waals surface area contributed by atoms with Gasteiger partial charge in [0.1, 0.15) is 12.4 Å². The van der Waals surface area contributed by atoms with E-state index in [9.17, 15) is 4.79 Å². The molecular formula is C21H20Cl2N4O2S. The second-order valence-electron chi connectivity index (χ2n) is 6.34. The number of anilines is 1. The van der Waals surface area contributed by atoms with Gasteiger partial charge in [0.2, 0.25) is 5.91 Å². The predicted octanol–water partition coefficient (Wildman–Crippen LogP) is 5.39. The zero-order chi connectivity index (χ0) is 21.5. The highest BCUT2D eigenvalue weighted by molar-refractivity contribution is 7.99. The number of aromatic nitrogens is 3. The second-order valence-corrected chi connectivity index (χ2v) is 8.07. The van der Waals surface area contributed by atoms with Gasteiger partial charge in [-0.15, -0.1) is 16.8 Å². The number of amides is 1. The van der Waals surface area contributed by atoms with E-state index in [2.05, 4.69) is 22.1 Å². The Hall–Kier alpha value is -2.48. The number of nitrogens with one attached hydrogen (secondary N) is 1. The third-order valence-corrected chi connectivity index (χ3v) is 5.84. The van der Waals surface area contributed by atoms with E-state index in [1.807, 2.05) is 35.8 Å². The fourth-order valence-corrected chi connectivity index (χ4v) is 3.66. The smallest absolute Gasteiger partial charge is 0.234 e. The summed E-state index contributed by atoms with van der Waals surface area (Å²) in [7, 11) is 0. The Kier molecular flexibility index (Phi) is 7.79. The van der Waals surface area contributed by atoms with E-state index in [1.54, 1.807) is 24.3 Å². The predicted molar refractivity (Wildman–Crippen MR) is 122 cm³/mol. The van der Waals surface area contributed by atoms with Gasteiger partial charge in [0.05, 0.1) is 21.5 Å². The summed E-state index contributed by atoms with van der Waals surface area (Å²) < 4.78 is 7.67. The maximum atomic E-state index is 12.3. The molecule has 0 atom stereocenters. The molecule has 0 bridgehead atoms. The lowest BCUT2D eigenvalue weighted by molar-refractivity contribution is -0.113. The normalized spacial score (nSPS) is 10.6. The zero-order valence-corrected chi connectivity index (χ0v) is 18.6. The van der Waals surface area contributed by atoms with E-state index in [0.29, 0.717) is 33.3 Å². The number of carbonyl (C=O) groups is 1. The van der Waals surface area contributed by atoms with E-state index >= 15 is 0 Å². The summed E-state index contributed by atoms with van der Waals surface area (Å²) in [6, 6.07) is 12.8. The van der Waals surface area contributed by atoms with E-state index in [0.717, 1.165) is 11.3 Å². The molecule has 0 saturated carbocycles. The summed E-state index contributed by atoms with van der Waals surface area (Å²) in [4.78, 5) is 12.3. The van der Waals surface area contributed by atoms with Gasteiger partial charge in [-0.25, -0.2) is 0 Å². The molecule has 0 radical (unpaired) electrons. The molecule has 1 amide bonds. The Balaban J connectivity index is 1.62. The molecule has 0 aliphatic carbocycles. The number of carbonyl (C=O) groups excluding carboxylic acids is 1. The maximum Gasteiger partial charge on any atom is 0.234 e. The Labute approximate surface area is 189 Å². The summed E-state index contributed by atoms with van der Waals surface area (Å²) in [5.41, 5.74) is 1.63. The molecule has 1 N–H and O–H groups in total. The van der Waals surface area contributed by atoms with Crippen molar-refractivity contribution in [2.75, 3.05) is 11.1 Å². The van der Waals surface area contributed by atoms with Crippen molar-refractivity contribution >= 4 is 46.6 Å². The van der Waals surface area contributed by atoms with Crippen LogP contribution in [-0.4, -0.2) is 26.4 Å². The fraction of sp³-hybridized carbons (Fsp3) is 0.190. The van der Waals surface area contributed by atoms with Crippen LogP contribution in [0.2, 0.25) is 10.0 Å². The number of aryl methyl sites for hydroxylation is 1. The number of benzene rings is 2. The van der Waals surface area contributed by atoms with Crippen LogP contribution in [0.25, 0.3) is 0 Å². The van der Waals surface area contributed by atoms with E-state index in [1.165, 1.54) is 11.8 Å². The van der Waals surface area contributed by atoms with Gasteiger partial charge >= 0.3 is 0 Å². The molecular weight excluding hydrogens is 443 g/mol. The van der Waals surface area contributed by atoms with Gasteiger partial charge in [-0.1, -0.05) is 64.8 Å². The third kappa shape index (κ3) is 5.78. The first kappa shape index (κ1) is 22.2. The highest BCUT2D eigenvalue weighted by atomic mass is 35.5. The largest absolute Gasteiger partial charge is 0.486 e. The van der Waals surface area contributed by atoms with Crippen molar-refractivity contribution in [1.82, 2.24) is 14.8 Å². The van der Waals surface area contributed by atoms with Crippen LogP contribution >= 0.6 is 35.0 Å². The molecule has 0 unspecified atom stereocenters. The lowest BCUT2D eigenvalue weighted by Gasteiger charge is -2.10. The monoisotopic (exact) mass is 462 g/mol. The lowest BCUT2D eigenvalue weighted by Crippen LogP contribution is -2.15. The molecule has 0 aliphatic heterocycles. The highest BCUT2D eigenvalue weighted by Crippen LogP contribution is 2.29. The van der Waals surface area contributed by atoms with Gasteiger partial charge in [0.15, 0.2) is 11.0 Å². The highest BCUT2D eigenvalue weighted by Gasteiger charge is 2.15. The SMILES string of the molecule is C=CCn1c(COc2ccc(C)cc2)nnc1SCC(=O)Nc1cccc(Cl)c1Cl. The van der Waals surface area contributed by atoms with Crippen molar-refractivity contribution < 1.29 is 9.53 Å². The topological polar surface area (TPSA) is 69.0 Å². The number of allylic oxidation sites excluding steroid dienone is 1. The van der Waals surface area contributed by atoms with Gasteiger partial charge < -0.3 is 10.1 Å². The molecule has 1 aromatic heterocycles. The Morgan fingerprint density at radius 3 is 2.73 bits per heavy atom. The number of halogens is 2. The molecule has 3 rings (SSSR count). The second kappa shape index (κ2) is 10.5. The number of ether oxygens (including phenoxy) is 1. The Morgan fingerprint density at radius 2 is 2.00 bits per heavy atom. The third-order valence-electron chi connectivity index (χ3n) is 4.05. The standard InChI is InChI=1S/C21H20Cl2N4O2S/c1-3-11-27-18(12-29-15-9-7-14(2)8-10-15)25-26-21(27)30-13-19(28)24-17-6-4-5-16(22)20(17)23/h3-10H,1,11-13H2,2H3,(H,24,28). The summed E-state index contributed by atoms with van der Waals surface area (Å²) in [6.07, 6.45) is 1.74. The van der Waals surface area contributed by atoms with Crippen LogP contribution < -0.4 is 10.1 Å². The van der Waals surface area contributed by atoms with Crippen molar-refractivity contribution in [3.05, 3.63) is 76.6 Å². The first-order valence-corrected chi connectivity index (χ1v) is 10.8. The maximum absolute atomic E-state index is 12.3. The van der Waals surface area contributed by atoms with Crippen molar-refractivity contribution in [2.45, 2.75) is 25.2 Å². The Bertz CT molecular complexity index is 1040. The van der Waals surface area contributed by atoms with Crippen LogP contribution in [0.1, 0.15) is 11.4 Å². The van der Waals surface area contributed by atoms with Crippen LogP contribution in [0, 0.1) is 6.92 Å². The number of nitrogens with zero attached hydrogens (tertiary/aromatic N) is 3. The van der Waals surface area contributed by atoms with Crippen molar-refractivity contribution in [1.29, 1.82) is 0 Å². The first-order chi connectivity index (χ1) is 14.5. The minimum absolute atomic E-state index is 0.136. The molecule has 0 aliphatic rings. The Morgan fingerprint density at radius 1 is 1.23 bits per heavy atom. The lowest BCUT2D eigenvalue weighted by atomic mass is 10.2. The van der Waals surface area contributed by atoms with Gasteiger partial charge in [0.25, 0.3) is 0 Å².